The SMILES string of the molecule is C1=CC(C2(c3ccc4ccccc4c3)CO2)CCC1. The van der Waals surface area contributed by atoms with E-state index in [-0.39, 0.29) is 5.60 Å². The molecule has 0 bridgehead atoms. The molecule has 0 saturated carbocycles. The van der Waals surface area contributed by atoms with Crippen LogP contribution in [0.5, 0.6) is 0 Å². The van der Waals surface area contributed by atoms with Crippen LogP contribution in [0.1, 0.15) is 24.8 Å². The van der Waals surface area contributed by atoms with Crippen LogP contribution in [0.4, 0.5) is 0 Å². The Kier molecular flexibility index (Phi) is 2.49. The molecule has 1 heterocycles. The number of ether oxygens (including phenoxy) is 1. The highest BCUT2D eigenvalue weighted by Crippen LogP contribution is 2.49. The molecule has 19 heavy (non-hydrogen) atoms. The lowest BCUT2D eigenvalue weighted by Crippen LogP contribution is -2.22. The summed E-state index contributed by atoms with van der Waals surface area (Å²) in [6.45, 7) is 0.875. The van der Waals surface area contributed by atoms with Crippen molar-refractivity contribution < 1.29 is 4.74 Å². The number of hydrogen-bond acceptors (Lipinski definition) is 1. The number of benzene rings is 2. The highest BCUT2D eigenvalue weighted by Gasteiger charge is 2.51. The Morgan fingerprint density at radius 3 is 2.63 bits per heavy atom. The van der Waals surface area contributed by atoms with Crippen LogP contribution in [0, 0.1) is 5.92 Å². The topological polar surface area (TPSA) is 12.5 Å². The highest BCUT2D eigenvalue weighted by molar-refractivity contribution is 5.83. The average Bonchev–Trinajstić information content (AvgIpc) is 3.29. The molecule has 96 valence electrons. The lowest BCUT2D eigenvalue weighted by molar-refractivity contribution is 0.234. The van der Waals surface area contributed by atoms with Gasteiger partial charge in [0.25, 0.3) is 0 Å². The summed E-state index contributed by atoms with van der Waals surface area (Å²) in [6, 6.07) is 15.3. The van der Waals surface area contributed by atoms with Gasteiger partial charge >= 0.3 is 0 Å². The first-order chi connectivity index (χ1) is 9.38. The molecule has 4 rings (SSSR count). The third-order valence-electron chi connectivity index (χ3n) is 4.55. The van der Waals surface area contributed by atoms with Crippen molar-refractivity contribution in [1.29, 1.82) is 0 Å². The summed E-state index contributed by atoms with van der Waals surface area (Å²) in [4.78, 5) is 0. The van der Waals surface area contributed by atoms with E-state index in [1.807, 2.05) is 0 Å². The van der Waals surface area contributed by atoms with Gasteiger partial charge in [0.1, 0.15) is 5.60 Å². The first-order valence-corrected chi connectivity index (χ1v) is 7.18. The zero-order chi connectivity index (χ0) is 12.7. The molecule has 1 heteroatoms. The lowest BCUT2D eigenvalue weighted by Gasteiger charge is -2.24. The van der Waals surface area contributed by atoms with Gasteiger partial charge in [-0.2, -0.15) is 0 Å². The minimum Gasteiger partial charge on any atom is -0.364 e. The van der Waals surface area contributed by atoms with E-state index in [1.165, 1.54) is 35.6 Å². The maximum absolute atomic E-state index is 5.92. The zero-order valence-electron chi connectivity index (χ0n) is 11.0. The number of hydrogen-bond donors (Lipinski definition) is 0. The van der Waals surface area contributed by atoms with Crippen LogP contribution in [0.2, 0.25) is 0 Å². The first kappa shape index (κ1) is 11.2. The van der Waals surface area contributed by atoms with E-state index in [0.717, 1.165) is 6.61 Å². The standard InChI is InChI=1S/C18H18O/c1-2-8-16(9-3-1)18(13-19-18)17-11-10-14-6-4-5-7-15(14)12-17/h2,4-8,10-12,16H,1,3,9,13H2. The van der Waals surface area contributed by atoms with Gasteiger partial charge in [0, 0.05) is 5.92 Å². The molecule has 2 aromatic rings. The zero-order valence-corrected chi connectivity index (χ0v) is 11.0. The molecule has 0 radical (unpaired) electrons. The molecule has 2 aromatic carbocycles. The van der Waals surface area contributed by atoms with E-state index in [0.29, 0.717) is 5.92 Å². The summed E-state index contributed by atoms with van der Waals surface area (Å²) < 4.78 is 5.92. The van der Waals surface area contributed by atoms with Gasteiger partial charge < -0.3 is 4.74 Å². The second kappa shape index (κ2) is 4.21. The average molecular weight is 250 g/mol. The quantitative estimate of drug-likeness (QED) is 0.567. The molecule has 0 spiro atoms. The molecule has 2 unspecified atom stereocenters. The molecule has 1 nitrogen and oxygen atoms in total. The first-order valence-electron chi connectivity index (χ1n) is 7.18. The third kappa shape index (κ3) is 1.81. The third-order valence-corrected chi connectivity index (χ3v) is 4.55. The largest absolute Gasteiger partial charge is 0.364 e. The van der Waals surface area contributed by atoms with E-state index >= 15 is 0 Å². The number of rotatable bonds is 2. The maximum atomic E-state index is 5.92. The van der Waals surface area contributed by atoms with E-state index in [2.05, 4.69) is 54.6 Å². The summed E-state index contributed by atoms with van der Waals surface area (Å²) in [5, 5.41) is 2.62. The second-order valence-corrected chi connectivity index (χ2v) is 5.71. The van der Waals surface area contributed by atoms with Gasteiger partial charge in [-0.25, -0.2) is 0 Å². The van der Waals surface area contributed by atoms with E-state index in [4.69, 9.17) is 4.74 Å². The molecule has 1 aliphatic heterocycles. The van der Waals surface area contributed by atoms with Gasteiger partial charge in [0.05, 0.1) is 6.61 Å². The lowest BCUT2D eigenvalue weighted by atomic mass is 9.80. The smallest absolute Gasteiger partial charge is 0.123 e. The van der Waals surface area contributed by atoms with Crippen LogP contribution in [0.25, 0.3) is 10.8 Å². The molecule has 0 N–H and O–H groups in total. The number of epoxide rings is 1. The Labute approximate surface area is 113 Å². The maximum Gasteiger partial charge on any atom is 0.123 e. The van der Waals surface area contributed by atoms with E-state index in [9.17, 15) is 0 Å². The second-order valence-electron chi connectivity index (χ2n) is 5.71. The molecule has 0 aromatic heterocycles. The Bertz CT molecular complexity index is 637. The molecule has 2 atom stereocenters. The fourth-order valence-corrected chi connectivity index (χ4v) is 3.33. The van der Waals surface area contributed by atoms with Gasteiger partial charge in [-0.15, -0.1) is 0 Å². The minimum atomic E-state index is -0.0268. The summed E-state index contributed by atoms with van der Waals surface area (Å²) >= 11 is 0. The molecule has 1 fully saturated rings. The Hall–Kier alpha value is -1.60. The molecule has 0 amide bonds. The predicted octanol–water partition coefficient (Wildman–Crippen LogP) is 4.42. The number of fused-ring (bicyclic) bond motifs is 1. The summed E-state index contributed by atoms with van der Waals surface area (Å²) in [5.41, 5.74) is 1.32. The van der Waals surface area contributed by atoms with Crippen LogP contribution >= 0.6 is 0 Å². The van der Waals surface area contributed by atoms with Crippen molar-refractivity contribution >= 4 is 10.8 Å². The monoisotopic (exact) mass is 250 g/mol. The molecular weight excluding hydrogens is 232 g/mol. The van der Waals surface area contributed by atoms with Crippen LogP contribution in [0.15, 0.2) is 54.6 Å². The Morgan fingerprint density at radius 2 is 1.89 bits per heavy atom. The van der Waals surface area contributed by atoms with E-state index in [1.54, 1.807) is 0 Å². The van der Waals surface area contributed by atoms with Crippen molar-refractivity contribution in [3.8, 4) is 0 Å². The van der Waals surface area contributed by atoms with Crippen molar-refractivity contribution in [1.82, 2.24) is 0 Å². The molecule has 2 aliphatic rings. The van der Waals surface area contributed by atoms with Gasteiger partial charge in [-0.1, -0.05) is 48.6 Å². The van der Waals surface area contributed by atoms with Crippen molar-refractivity contribution in [3.63, 3.8) is 0 Å². The fraction of sp³-hybridized carbons (Fsp3) is 0.333. The Morgan fingerprint density at radius 1 is 1.05 bits per heavy atom. The summed E-state index contributed by atoms with van der Waals surface area (Å²) in [5.74, 6) is 0.558. The minimum absolute atomic E-state index is 0.0268. The van der Waals surface area contributed by atoms with Crippen molar-refractivity contribution in [2.45, 2.75) is 24.9 Å². The van der Waals surface area contributed by atoms with Gasteiger partial charge in [-0.3, -0.25) is 0 Å². The molecule has 1 saturated heterocycles. The fourth-order valence-electron chi connectivity index (χ4n) is 3.33. The van der Waals surface area contributed by atoms with Gasteiger partial charge in [-0.05, 0) is 41.7 Å². The highest BCUT2D eigenvalue weighted by atomic mass is 16.6. The van der Waals surface area contributed by atoms with Crippen LogP contribution in [-0.4, -0.2) is 6.61 Å². The van der Waals surface area contributed by atoms with Crippen LogP contribution < -0.4 is 0 Å². The summed E-state index contributed by atoms with van der Waals surface area (Å²) in [6.07, 6.45) is 8.46. The Balaban J connectivity index is 1.77. The molecular formula is C18H18O. The van der Waals surface area contributed by atoms with Crippen LogP contribution in [0.3, 0.4) is 0 Å². The molecule has 1 aliphatic carbocycles. The van der Waals surface area contributed by atoms with Crippen molar-refractivity contribution in [2.24, 2.45) is 5.92 Å². The summed E-state index contributed by atoms with van der Waals surface area (Å²) in [7, 11) is 0. The van der Waals surface area contributed by atoms with Crippen LogP contribution in [-0.2, 0) is 10.3 Å². The predicted molar refractivity (Wildman–Crippen MR) is 78.1 cm³/mol. The van der Waals surface area contributed by atoms with Gasteiger partial charge in [0.15, 0.2) is 0 Å². The number of allylic oxidation sites excluding steroid dienone is 1. The van der Waals surface area contributed by atoms with E-state index < -0.39 is 0 Å². The van der Waals surface area contributed by atoms with Crippen molar-refractivity contribution in [2.75, 3.05) is 6.61 Å². The van der Waals surface area contributed by atoms with Crippen molar-refractivity contribution in [3.05, 3.63) is 60.2 Å². The van der Waals surface area contributed by atoms with Gasteiger partial charge in [0.2, 0.25) is 0 Å². The normalized spacial score (nSPS) is 29.6.